The number of ether oxygens (including phenoxy) is 1. The number of benzene rings is 2. The Bertz CT molecular complexity index is 791. The average Bonchev–Trinajstić information content (AvgIpc) is 2.65. The molecule has 2 heteroatoms. The standard InChI is InChI=1S/C24H28O2/c1-5-7-24(25)19(4)22-12-9-20(10-13-22)8-11-21-14-15-23(17-18(21)3)26-16-6-2/h9-10,12-15,17,19H,5-7,16H2,1-4H3. The van der Waals surface area contributed by atoms with Crippen molar-refractivity contribution in [3.05, 3.63) is 64.7 Å². The lowest BCUT2D eigenvalue weighted by atomic mass is 9.93. The third kappa shape index (κ3) is 5.49. The molecule has 0 amide bonds. The molecule has 0 bridgehead atoms. The molecule has 0 aliphatic rings. The zero-order chi connectivity index (χ0) is 18.9. The van der Waals surface area contributed by atoms with Crippen molar-refractivity contribution in [1.82, 2.24) is 0 Å². The van der Waals surface area contributed by atoms with Gasteiger partial charge in [0, 0.05) is 23.5 Å². The van der Waals surface area contributed by atoms with E-state index in [1.54, 1.807) is 0 Å². The van der Waals surface area contributed by atoms with Crippen LogP contribution in [0.5, 0.6) is 5.75 Å². The summed E-state index contributed by atoms with van der Waals surface area (Å²) < 4.78 is 5.65. The van der Waals surface area contributed by atoms with Gasteiger partial charge in [-0.1, -0.05) is 44.7 Å². The molecule has 1 atom stereocenters. The molecule has 0 spiro atoms. The first kappa shape index (κ1) is 19.8. The van der Waals surface area contributed by atoms with E-state index in [1.807, 2.05) is 63.2 Å². The second-order valence-corrected chi connectivity index (χ2v) is 6.64. The number of aryl methyl sites for hydroxylation is 1. The average molecular weight is 348 g/mol. The second kappa shape index (κ2) is 9.82. The Balaban J connectivity index is 2.09. The van der Waals surface area contributed by atoms with Gasteiger partial charge in [0.2, 0.25) is 0 Å². The van der Waals surface area contributed by atoms with Crippen molar-refractivity contribution in [2.45, 2.75) is 52.9 Å². The van der Waals surface area contributed by atoms with Crippen LogP contribution >= 0.6 is 0 Å². The minimum absolute atomic E-state index is 0.0464. The van der Waals surface area contributed by atoms with Crippen molar-refractivity contribution in [2.24, 2.45) is 0 Å². The highest BCUT2D eigenvalue weighted by molar-refractivity contribution is 5.85. The first-order valence-electron chi connectivity index (χ1n) is 9.43. The first-order chi connectivity index (χ1) is 12.5. The number of carbonyl (C=O) groups is 1. The highest BCUT2D eigenvalue weighted by atomic mass is 16.5. The van der Waals surface area contributed by atoms with E-state index in [4.69, 9.17) is 4.74 Å². The highest BCUT2D eigenvalue weighted by Crippen LogP contribution is 2.19. The van der Waals surface area contributed by atoms with Crippen molar-refractivity contribution < 1.29 is 9.53 Å². The maximum Gasteiger partial charge on any atom is 0.140 e. The van der Waals surface area contributed by atoms with Crippen molar-refractivity contribution in [3.8, 4) is 17.6 Å². The minimum Gasteiger partial charge on any atom is -0.494 e. The zero-order valence-electron chi connectivity index (χ0n) is 16.3. The molecule has 2 rings (SSSR count). The number of ketones is 1. The molecule has 2 aromatic carbocycles. The number of Topliss-reactive ketones (excluding diaryl/α,β-unsaturated/α-hetero) is 1. The van der Waals surface area contributed by atoms with E-state index >= 15 is 0 Å². The largest absolute Gasteiger partial charge is 0.494 e. The van der Waals surface area contributed by atoms with Crippen LogP contribution in [0.2, 0.25) is 0 Å². The molecule has 0 aliphatic carbocycles. The maximum atomic E-state index is 12.0. The van der Waals surface area contributed by atoms with Crippen molar-refractivity contribution in [1.29, 1.82) is 0 Å². The van der Waals surface area contributed by atoms with E-state index in [-0.39, 0.29) is 5.92 Å². The molecule has 2 nitrogen and oxygen atoms in total. The van der Waals surface area contributed by atoms with Gasteiger partial charge in [-0.2, -0.15) is 0 Å². The van der Waals surface area contributed by atoms with E-state index in [9.17, 15) is 4.79 Å². The smallest absolute Gasteiger partial charge is 0.140 e. The summed E-state index contributed by atoms with van der Waals surface area (Å²) in [5.74, 6) is 7.59. The summed E-state index contributed by atoms with van der Waals surface area (Å²) in [6.45, 7) is 8.89. The van der Waals surface area contributed by atoms with E-state index in [0.29, 0.717) is 12.2 Å². The van der Waals surface area contributed by atoms with Gasteiger partial charge in [0.15, 0.2) is 0 Å². The molecular formula is C24H28O2. The first-order valence-corrected chi connectivity index (χ1v) is 9.43. The predicted molar refractivity (Wildman–Crippen MR) is 108 cm³/mol. The van der Waals surface area contributed by atoms with Gasteiger partial charge in [0.1, 0.15) is 11.5 Å². The maximum absolute atomic E-state index is 12.0. The van der Waals surface area contributed by atoms with Crippen molar-refractivity contribution in [2.75, 3.05) is 6.61 Å². The highest BCUT2D eigenvalue weighted by Gasteiger charge is 2.13. The number of carbonyl (C=O) groups excluding carboxylic acids is 1. The molecule has 0 radical (unpaired) electrons. The van der Waals surface area contributed by atoms with Crippen LogP contribution in [0, 0.1) is 18.8 Å². The Morgan fingerprint density at radius 1 is 1.04 bits per heavy atom. The summed E-state index contributed by atoms with van der Waals surface area (Å²) in [4.78, 5) is 12.0. The summed E-state index contributed by atoms with van der Waals surface area (Å²) in [5, 5.41) is 0. The molecule has 0 N–H and O–H groups in total. The Labute approximate surface area is 157 Å². The minimum atomic E-state index is -0.0464. The Kier molecular flexibility index (Phi) is 7.48. The molecule has 0 aliphatic heterocycles. The van der Waals surface area contributed by atoms with Gasteiger partial charge >= 0.3 is 0 Å². The Morgan fingerprint density at radius 3 is 2.38 bits per heavy atom. The monoisotopic (exact) mass is 348 g/mol. The van der Waals surface area contributed by atoms with E-state index in [0.717, 1.165) is 47.5 Å². The molecular weight excluding hydrogens is 320 g/mol. The van der Waals surface area contributed by atoms with Gasteiger partial charge in [-0.25, -0.2) is 0 Å². The van der Waals surface area contributed by atoms with Crippen LogP contribution in [0.15, 0.2) is 42.5 Å². The summed E-state index contributed by atoms with van der Waals surface area (Å²) >= 11 is 0. The molecule has 0 saturated carbocycles. The molecule has 26 heavy (non-hydrogen) atoms. The van der Waals surface area contributed by atoms with Crippen LogP contribution in [0.25, 0.3) is 0 Å². The van der Waals surface area contributed by atoms with Crippen LogP contribution < -0.4 is 4.74 Å². The van der Waals surface area contributed by atoms with Crippen molar-refractivity contribution >= 4 is 5.78 Å². The number of hydrogen-bond donors (Lipinski definition) is 0. The SMILES string of the molecule is CCCOc1ccc(C#Cc2ccc(C(C)C(=O)CCC)cc2)c(C)c1. The van der Waals surface area contributed by atoms with Crippen LogP contribution in [-0.2, 0) is 4.79 Å². The molecule has 2 aromatic rings. The lowest BCUT2D eigenvalue weighted by Gasteiger charge is -2.10. The summed E-state index contributed by atoms with van der Waals surface area (Å²) in [5.41, 5.74) is 4.13. The van der Waals surface area contributed by atoms with Crippen LogP contribution in [0.1, 0.15) is 68.2 Å². The van der Waals surface area contributed by atoms with Gasteiger partial charge in [0.25, 0.3) is 0 Å². The van der Waals surface area contributed by atoms with E-state index < -0.39 is 0 Å². The van der Waals surface area contributed by atoms with E-state index in [2.05, 4.69) is 18.8 Å². The number of rotatable bonds is 7. The lowest BCUT2D eigenvalue weighted by molar-refractivity contribution is -0.120. The fourth-order valence-corrected chi connectivity index (χ4v) is 2.73. The van der Waals surface area contributed by atoms with Gasteiger partial charge in [-0.3, -0.25) is 4.79 Å². The van der Waals surface area contributed by atoms with Crippen molar-refractivity contribution in [3.63, 3.8) is 0 Å². The summed E-state index contributed by atoms with van der Waals surface area (Å²) in [6, 6.07) is 14.0. The number of hydrogen-bond acceptors (Lipinski definition) is 2. The second-order valence-electron chi connectivity index (χ2n) is 6.64. The fourth-order valence-electron chi connectivity index (χ4n) is 2.73. The van der Waals surface area contributed by atoms with Gasteiger partial charge in [0.05, 0.1) is 6.61 Å². The lowest BCUT2D eigenvalue weighted by Crippen LogP contribution is -2.08. The van der Waals surface area contributed by atoms with E-state index in [1.165, 1.54) is 0 Å². The molecule has 0 saturated heterocycles. The van der Waals surface area contributed by atoms with Gasteiger partial charge < -0.3 is 4.74 Å². The fraction of sp³-hybridized carbons (Fsp3) is 0.375. The zero-order valence-corrected chi connectivity index (χ0v) is 16.3. The molecule has 0 fully saturated rings. The van der Waals surface area contributed by atoms with Crippen LogP contribution in [0.3, 0.4) is 0 Å². The normalized spacial score (nSPS) is 11.4. The Morgan fingerprint density at radius 2 is 1.77 bits per heavy atom. The quantitative estimate of drug-likeness (QED) is 0.604. The van der Waals surface area contributed by atoms with Gasteiger partial charge in [-0.05, 0) is 61.2 Å². The van der Waals surface area contributed by atoms with Gasteiger partial charge in [-0.15, -0.1) is 0 Å². The molecule has 0 heterocycles. The third-order valence-corrected chi connectivity index (χ3v) is 4.40. The third-order valence-electron chi connectivity index (χ3n) is 4.40. The molecule has 1 unspecified atom stereocenters. The summed E-state index contributed by atoms with van der Waals surface area (Å²) in [7, 11) is 0. The summed E-state index contributed by atoms with van der Waals surface area (Å²) in [6.07, 6.45) is 2.54. The topological polar surface area (TPSA) is 26.3 Å². The predicted octanol–water partition coefficient (Wildman–Crippen LogP) is 5.66. The van der Waals surface area contributed by atoms with Crippen LogP contribution in [-0.4, -0.2) is 12.4 Å². The molecule has 136 valence electrons. The van der Waals surface area contributed by atoms with Crippen LogP contribution in [0.4, 0.5) is 0 Å². The Hall–Kier alpha value is -2.53. The molecule has 0 aromatic heterocycles.